The highest BCUT2D eigenvalue weighted by molar-refractivity contribution is 7.78. The molecule has 0 saturated carbocycles. The molecule has 2 N–H and O–H groups in total. The van der Waals surface area contributed by atoms with Gasteiger partial charge in [-0.05, 0) is 12.1 Å². The maximum Gasteiger partial charge on any atom is 0.134 e. The third kappa shape index (κ3) is 8.56. The van der Waals surface area contributed by atoms with Crippen LogP contribution >= 0.6 is 12.2 Å². The molecule has 0 aromatic heterocycles. The fourth-order valence-electron chi connectivity index (χ4n) is 0.542. The van der Waals surface area contributed by atoms with Gasteiger partial charge in [0.25, 0.3) is 0 Å². The summed E-state index contributed by atoms with van der Waals surface area (Å²) in [5, 5.41) is 11.3. The van der Waals surface area contributed by atoms with Gasteiger partial charge >= 0.3 is 0 Å². The summed E-state index contributed by atoms with van der Waals surface area (Å²) >= 11 is 4.31. The average molecular weight is 194 g/mol. The number of phenolic OH excluding ortho intramolecular Hbond substituents is 1. The first-order chi connectivity index (χ1) is 6.31. The van der Waals surface area contributed by atoms with Crippen molar-refractivity contribution in [1.82, 2.24) is 5.32 Å². The molecule has 13 heavy (non-hydrogen) atoms. The molecule has 0 fully saturated rings. The second kappa shape index (κ2) is 8.74. The molecule has 0 bridgehead atoms. The molecule has 0 aliphatic carbocycles. The number of aromatic hydroxyl groups is 1. The highest BCUT2D eigenvalue weighted by Gasteiger charge is 1.74. The zero-order valence-electron chi connectivity index (χ0n) is 7.23. The fourth-order valence-corrected chi connectivity index (χ4v) is 0.625. The smallest absolute Gasteiger partial charge is 0.134 e. The molecule has 0 atom stereocenters. The van der Waals surface area contributed by atoms with Gasteiger partial charge in [-0.25, -0.2) is 0 Å². The molecule has 1 aromatic rings. The Balaban J connectivity index is 0.000000226. The molecule has 0 saturated heterocycles. The molecule has 0 aliphatic heterocycles. The van der Waals surface area contributed by atoms with Crippen molar-refractivity contribution in [1.29, 1.82) is 0 Å². The number of hydrogen-bond acceptors (Lipinski definition) is 2. The Morgan fingerprint density at radius 1 is 1.46 bits per heavy atom. The molecule has 1 radical (unpaired) electrons. The van der Waals surface area contributed by atoms with E-state index in [1.165, 1.54) is 0 Å². The van der Waals surface area contributed by atoms with E-state index in [0.29, 0.717) is 12.3 Å². The van der Waals surface area contributed by atoms with Crippen LogP contribution in [-0.2, 0) is 0 Å². The Hall–Kier alpha value is -1.35. The Morgan fingerprint density at radius 2 is 2.08 bits per heavy atom. The Bertz CT molecular complexity index is 228. The second-order valence-electron chi connectivity index (χ2n) is 2.11. The first-order valence-electron chi connectivity index (χ1n) is 3.76. The maximum atomic E-state index is 8.63. The van der Waals surface area contributed by atoms with Crippen molar-refractivity contribution in [3.63, 3.8) is 0 Å². The highest BCUT2D eigenvalue weighted by atomic mass is 32.1. The normalized spacial score (nSPS) is 7.69. The number of thiocarbonyl (C=S) groups is 1. The maximum absolute atomic E-state index is 8.63. The summed E-state index contributed by atoms with van der Waals surface area (Å²) in [6, 6.07) is 8.71. The van der Waals surface area contributed by atoms with E-state index in [2.05, 4.69) is 29.6 Å². The summed E-state index contributed by atoms with van der Waals surface area (Å²) in [7, 11) is 0. The lowest BCUT2D eigenvalue weighted by molar-refractivity contribution is 0.475. The zero-order valence-corrected chi connectivity index (χ0v) is 8.05. The van der Waals surface area contributed by atoms with Crippen LogP contribution in [0.5, 0.6) is 5.75 Å². The van der Waals surface area contributed by atoms with E-state index in [1.54, 1.807) is 30.3 Å². The van der Waals surface area contributed by atoms with Crippen molar-refractivity contribution in [2.24, 2.45) is 0 Å². The molecule has 69 valence electrons. The lowest BCUT2D eigenvalue weighted by Crippen LogP contribution is -2.07. The predicted octanol–water partition coefficient (Wildman–Crippen LogP) is 1.99. The third-order valence-electron chi connectivity index (χ3n) is 1.07. The summed E-state index contributed by atoms with van der Waals surface area (Å²) in [6.07, 6.45) is 1.72. The molecule has 1 rings (SSSR count). The highest BCUT2D eigenvalue weighted by Crippen LogP contribution is 2.02. The first kappa shape index (κ1) is 11.6. The number of benzene rings is 1. The van der Waals surface area contributed by atoms with Gasteiger partial charge in [0.05, 0.1) is 0 Å². The largest absolute Gasteiger partial charge is 0.508 e. The van der Waals surface area contributed by atoms with Gasteiger partial charge in [-0.2, -0.15) is 0 Å². The number of rotatable bonds is 3. The summed E-state index contributed by atoms with van der Waals surface area (Å²) < 4.78 is 0. The third-order valence-corrected chi connectivity index (χ3v) is 1.22. The number of hydrogen-bond donors (Lipinski definition) is 2. The van der Waals surface area contributed by atoms with Crippen molar-refractivity contribution < 1.29 is 5.11 Å². The molecule has 0 heterocycles. The fraction of sp³-hybridized carbons (Fsp3) is 0.100. The minimum atomic E-state index is 0.322. The van der Waals surface area contributed by atoms with E-state index in [4.69, 9.17) is 5.11 Å². The molecule has 0 unspecified atom stereocenters. The number of nitrogens with one attached hydrogen (secondary N) is 1. The van der Waals surface area contributed by atoms with Gasteiger partial charge in [-0.1, -0.05) is 36.5 Å². The van der Waals surface area contributed by atoms with Crippen LogP contribution in [-0.4, -0.2) is 17.1 Å². The Morgan fingerprint density at radius 3 is 2.31 bits per heavy atom. The van der Waals surface area contributed by atoms with Crippen LogP contribution < -0.4 is 5.32 Å². The minimum absolute atomic E-state index is 0.322. The van der Waals surface area contributed by atoms with Crippen LogP contribution in [0.25, 0.3) is 0 Å². The van der Waals surface area contributed by atoms with Crippen molar-refractivity contribution in [2.75, 3.05) is 6.54 Å². The van der Waals surface area contributed by atoms with Crippen LogP contribution in [0.4, 0.5) is 0 Å². The number of phenols is 1. The first-order valence-corrected chi connectivity index (χ1v) is 4.17. The zero-order chi connectivity index (χ0) is 9.94. The van der Waals surface area contributed by atoms with E-state index in [-0.39, 0.29) is 0 Å². The van der Waals surface area contributed by atoms with Gasteiger partial charge in [-0.3, -0.25) is 0 Å². The quantitative estimate of drug-likeness (QED) is 0.334. The molecule has 3 heteroatoms. The monoisotopic (exact) mass is 194 g/mol. The molecule has 0 aliphatic rings. The predicted molar refractivity (Wildman–Crippen MR) is 58.9 cm³/mol. The van der Waals surface area contributed by atoms with E-state index >= 15 is 0 Å². The molecule has 0 amide bonds. The van der Waals surface area contributed by atoms with Gasteiger partial charge in [0.2, 0.25) is 0 Å². The molecular formula is C10H12NOS. The van der Waals surface area contributed by atoms with E-state index in [9.17, 15) is 0 Å². The van der Waals surface area contributed by atoms with Crippen LogP contribution in [0.1, 0.15) is 0 Å². The molecular weight excluding hydrogens is 182 g/mol. The standard InChI is InChI=1S/C6H6O.C4H6NS/c7-6-4-2-1-3-5-6;1-2-3-5-4-6/h1-5,7H;2H,1,3H2,(H,5,6). The lowest BCUT2D eigenvalue weighted by Gasteiger charge is -1.82. The Labute approximate surface area is 83.9 Å². The average Bonchev–Trinajstić information content (AvgIpc) is 2.17. The van der Waals surface area contributed by atoms with Crippen LogP contribution in [0.3, 0.4) is 0 Å². The van der Waals surface area contributed by atoms with Crippen molar-refractivity contribution in [3.8, 4) is 5.75 Å². The molecule has 0 spiro atoms. The lowest BCUT2D eigenvalue weighted by atomic mass is 10.3. The summed E-state index contributed by atoms with van der Waals surface area (Å²) in [5.41, 5.74) is 2.33. The minimum Gasteiger partial charge on any atom is -0.508 e. The number of para-hydroxylation sites is 1. The van der Waals surface area contributed by atoms with Gasteiger partial charge in [-0.15, -0.1) is 6.58 Å². The summed E-state index contributed by atoms with van der Waals surface area (Å²) in [4.78, 5) is 0. The van der Waals surface area contributed by atoms with E-state index in [1.807, 2.05) is 6.07 Å². The van der Waals surface area contributed by atoms with Gasteiger partial charge in [0.1, 0.15) is 11.2 Å². The van der Waals surface area contributed by atoms with Crippen molar-refractivity contribution >= 4 is 17.7 Å². The van der Waals surface area contributed by atoms with Gasteiger partial charge in [0, 0.05) is 6.54 Å². The van der Waals surface area contributed by atoms with Crippen LogP contribution in [0.2, 0.25) is 0 Å². The van der Waals surface area contributed by atoms with Crippen molar-refractivity contribution in [3.05, 3.63) is 43.0 Å². The summed E-state index contributed by atoms with van der Waals surface area (Å²) in [6.45, 7) is 4.16. The second-order valence-corrected chi connectivity index (χ2v) is 2.31. The van der Waals surface area contributed by atoms with Gasteiger partial charge in [0.15, 0.2) is 0 Å². The van der Waals surface area contributed by atoms with E-state index in [0.717, 1.165) is 0 Å². The van der Waals surface area contributed by atoms with Crippen LogP contribution in [0, 0.1) is 0 Å². The van der Waals surface area contributed by atoms with Gasteiger partial charge < -0.3 is 10.4 Å². The topological polar surface area (TPSA) is 32.3 Å². The molecule has 1 aromatic carbocycles. The van der Waals surface area contributed by atoms with E-state index < -0.39 is 0 Å². The molecule has 2 nitrogen and oxygen atoms in total. The van der Waals surface area contributed by atoms with Crippen molar-refractivity contribution in [2.45, 2.75) is 0 Å². The van der Waals surface area contributed by atoms with Crippen LogP contribution in [0.15, 0.2) is 43.0 Å². The Kier molecular flexibility index (Phi) is 7.84. The summed E-state index contributed by atoms with van der Waals surface area (Å²) in [5.74, 6) is 0.322. The SMILES string of the molecule is C=CCN[C]=S.Oc1ccccc1.